The number of carbonyl (C=O) groups is 1. The van der Waals surface area contributed by atoms with E-state index in [1.54, 1.807) is 17.2 Å². The molecule has 1 N–H and O–H groups in total. The van der Waals surface area contributed by atoms with Crippen LogP contribution in [0.4, 0.5) is 0 Å². The van der Waals surface area contributed by atoms with Crippen molar-refractivity contribution in [3.05, 3.63) is 41.5 Å². The fourth-order valence-corrected chi connectivity index (χ4v) is 2.78. The molecule has 1 amide bonds. The Morgan fingerprint density at radius 1 is 1.46 bits per heavy atom. The van der Waals surface area contributed by atoms with Crippen LogP contribution in [0.25, 0.3) is 0 Å². The smallest absolute Gasteiger partial charge is 0.276 e. The van der Waals surface area contributed by atoms with Gasteiger partial charge in [0.2, 0.25) is 0 Å². The highest BCUT2D eigenvalue weighted by atomic mass is 16.5. The van der Waals surface area contributed by atoms with Crippen molar-refractivity contribution >= 4 is 5.91 Å². The fraction of sp³-hybridized carbons (Fsp3) is 0.471. The molecule has 0 bridgehead atoms. The zero-order valence-corrected chi connectivity index (χ0v) is 13.6. The van der Waals surface area contributed by atoms with E-state index < -0.39 is 0 Å². The van der Waals surface area contributed by atoms with Gasteiger partial charge in [0, 0.05) is 18.3 Å². The average molecular weight is 331 g/mol. The predicted molar refractivity (Wildman–Crippen MR) is 85.6 cm³/mol. The van der Waals surface area contributed by atoms with E-state index in [9.17, 15) is 9.90 Å². The summed E-state index contributed by atoms with van der Waals surface area (Å²) in [5.74, 6) is 0.887. The number of likely N-dealkylation sites (tertiary alicyclic amines) is 1. The third kappa shape index (κ3) is 3.73. The second kappa shape index (κ2) is 7.44. The summed E-state index contributed by atoms with van der Waals surface area (Å²) in [7, 11) is 0. The third-order valence-corrected chi connectivity index (χ3v) is 4.14. The van der Waals surface area contributed by atoms with Gasteiger partial charge >= 0.3 is 0 Å². The van der Waals surface area contributed by atoms with Crippen LogP contribution in [0.15, 0.2) is 28.9 Å². The van der Waals surface area contributed by atoms with Crippen LogP contribution in [0.1, 0.15) is 41.2 Å². The molecule has 0 aliphatic carbocycles. The first-order valence-electron chi connectivity index (χ1n) is 8.10. The highest BCUT2D eigenvalue weighted by Crippen LogP contribution is 2.20. The van der Waals surface area contributed by atoms with Crippen molar-refractivity contribution in [3.8, 4) is 5.75 Å². The molecular formula is C17H21N3O4. The number of aryl methyl sites for hydroxylation is 1. The van der Waals surface area contributed by atoms with Gasteiger partial charge in [-0.3, -0.25) is 9.78 Å². The maximum absolute atomic E-state index is 12.5. The number of pyridine rings is 1. The topological polar surface area (TPSA) is 88.7 Å². The Hall–Kier alpha value is -2.41. The van der Waals surface area contributed by atoms with Gasteiger partial charge in [0.05, 0.1) is 18.8 Å². The largest absolute Gasteiger partial charge is 0.484 e. The monoisotopic (exact) mass is 331 g/mol. The van der Waals surface area contributed by atoms with E-state index in [-0.39, 0.29) is 30.9 Å². The van der Waals surface area contributed by atoms with Crippen LogP contribution in [0.5, 0.6) is 5.75 Å². The average Bonchev–Trinajstić information content (AvgIpc) is 3.09. The highest BCUT2D eigenvalue weighted by Gasteiger charge is 2.28. The van der Waals surface area contributed by atoms with E-state index in [2.05, 4.69) is 10.1 Å². The normalized spacial score (nSPS) is 17.8. The minimum absolute atomic E-state index is 0.0278. The van der Waals surface area contributed by atoms with E-state index in [0.29, 0.717) is 18.1 Å². The van der Waals surface area contributed by atoms with Crippen LogP contribution >= 0.6 is 0 Å². The number of carbonyl (C=O) groups excluding carboxylic acids is 1. The molecule has 7 heteroatoms. The SMILES string of the molecule is Cc1ccc(OCc2cc(C(=O)N3CCCCC3CO)no2)cn1. The Morgan fingerprint density at radius 2 is 2.33 bits per heavy atom. The van der Waals surface area contributed by atoms with Crippen LogP contribution in [0, 0.1) is 6.92 Å². The molecular weight excluding hydrogens is 310 g/mol. The second-order valence-electron chi connectivity index (χ2n) is 5.93. The van der Waals surface area contributed by atoms with Crippen molar-refractivity contribution in [3.63, 3.8) is 0 Å². The molecule has 0 spiro atoms. The summed E-state index contributed by atoms with van der Waals surface area (Å²) < 4.78 is 10.8. The molecule has 1 fully saturated rings. The van der Waals surface area contributed by atoms with E-state index >= 15 is 0 Å². The molecule has 1 unspecified atom stereocenters. The first-order chi connectivity index (χ1) is 11.7. The van der Waals surface area contributed by atoms with Gasteiger partial charge in [0.25, 0.3) is 5.91 Å². The summed E-state index contributed by atoms with van der Waals surface area (Å²) >= 11 is 0. The quantitative estimate of drug-likeness (QED) is 0.901. The molecule has 1 aliphatic rings. The molecule has 3 heterocycles. The van der Waals surface area contributed by atoms with Crippen molar-refractivity contribution < 1.29 is 19.2 Å². The fourth-order valence-electron chi connectivity index (χ4n) is 2.78. The number of piperidine rings is 1. The highest BCUT2D eigenvalue weighted by molar-refractivity contribution is 5.92. The molecule has 1 aliphatic heterocycles. The van der Waals surface area contributed by atoms with Crippen molar-refractivity contribution in [2.24, 2.45) is 0 Å². The van der Waals surface area contributed by atoms with E-state index in [4.69, 9.17) is 9.26 Å². The first kappa shape index (κ1) is 16.4. The Kier molecular flexibility index (Phi) is 5.10. The number of aliphatic hydroxyl groups excluding tert-OH is 1. The molecule has 0 saturated carbocycles. The van der Waals surface area contributed by atoms with Crippen molar-refractivity contribution in [2.45, 2.75) is 38.8 Å². The number of amides is 1. The number of hydrogen-bond acceptors (Lipinski definition) is 6. The lowest BCUT2D eigenvalue weighted by molar-refractivity contribution is 0.0493. The lowest BCUT2D eigenvalue weighted by Crippen LogP contribution is -2.45. The van der Waals surface area contributed by atoms with Gasteiger partial charge in [0.1, 0.15) is 12.4 Å². The standard InChI is InChI=1S/C17H21N3O4/c1-12-5-6-14(9-18-12)23-11-15-8-16(19-24-15)17(22)20-7-3-2-4-13(20)10-21/h5-6,8-9,13,21H,2-4,7,10-11H2,1H3. The Bertz CT molecular complexity index is 683. The molecule has 3 rings (SSSR count). The zero-order valence-electron chi connectivity index (χ0n) is 13.6. The van der Waals surface area contributed by atoms with Crippen molar-refractivity contribution in [2.75, 3.05) is 13.2 Å². The Balaban J connectivity index is 1.62. The maximum Gasteiger partial charge on any atom is 0.276 e. The molecule has 2 aromatic heterocycles. The maximum atomic E-state index is 12.5. The summed E-state index contributed by atoms with van der Waals surface area (Å²) in [4.78, 5) is 18.4. The Labute approximate surface area is 140 Å². The molecule has 0 radical (unpaired) electrons. The van der Waals surface area contributed by atoms with Gasteiger partial charge in [-0.1, -0.05) is 5.16 Å². The molecule has 1 atom stereocenters. The summed E-state index contributed by atoms with van der Waals surface area (Å²) in [5, 5.41) is 13.3. The van der Waals surface area contributed by atoms with Gasteiger partial charge in [-0.25, -0.2) is 0 Å². The lowest BCUT2D eigenvalue weighted by Gasteiger charge is -2.33. The Morgan fingerprint density at radius 3 is 3.08 bits per heavy atom. The van der Waals surface area contributed by atoms with Crippen LogP contribution in [-0.4, -0.2) is 45.2 Å². The number of rotatable bonds is 5. The molecule has 1 saturated heterocycles. The van der Waals surface area contributed by atoms with Crippen molar-refractivity contribution in [1.29, 1.82) is 0 Å². The van der Waals surface area contributed by atoms with E-state index in [1.165, 1.54) is 0 Å². The number of aliphatic hydroxyl groups is 1. The van der Waals surface area contributed by atoms with E-state index in [0.717, 1.165) is 25.0 Å². The van der Waals surface area contributed by atoms with Crippen molar-refractivity contribution in [1.82, 2.24) is 15.0 Å². The van der Waals surface area contributed by atoms with Gasteiger partial charge in [-0.05, 0) is 38.3 Å². The summed E-state index contributed by atoms with van der Waals surface area (Å²) in [6.45, 7) is 2.69. The molecule has 128 valence electrons. The molecule has 0 aromatic carbocycles. The number of hydrogen-bond donors (Lipinski definition) is 1. The predicted octanol–water partition coefficient (Wildman–Crippen LogP) is 1.94. The molecule has 24 heavy (non-hydrogen) atoms. The van der Waals surface area contributed by atoms with Gasteiger partial charge in [-0.15, -0.1) is 0 Å². The van der Waals surface area contributed by atoms with Crippen LogP contribution < -0.4 is 4.74 Å². The molecule has 2 aromatic rings. The van der Waals surface area contributed by atoms with Gasteiger partial charge in [0.15, 0.2) is 11.5 Å². The van der Waals surface area contributed by atoms with Crippen LogP contribution in [-0.2, 0) is 6.61 Å². The van der Waals surface area contributed by atoms with Crippen LogP contribution in [0.3, 0.4) is 0 Å². The second-order valence-corrected chi connectivity index (χ2v) is 5.93. The number of nitrogens with zero attached hydrogens (tertiary/aromatic N) is 3. The minimum Gasteiger partial charge on any atom is -0.484 e. The number of aromatic nitrogens is 2. The minimum atomic E-state index is -0.208. The van der Waals surface area contributed by atoms with E-state index in [1.807, 2.05) is 19.1 Å². The number of ether oxygens (including phenoxy) is 1. The summed E-state index contributed by atoms with van der Waals surface area (Å²) in [5.41, 5.74) is 1.16. The first-order valence-corrected chi connectivity index (χ1v) is 8.10. The zero-order chi connectivity index (χ0) is 16.9. The summed E-state index contributed by atoms with van der Waals surface area (Å²) in [6, 6.07) is 5.13. The molecule has 7 nitrogen and oxygen atoms in total. The lowest BCUT2D eigenvalue weighted by atomic mass is 10.0. The van der Waals surface area contributed by atoms with Gasteiger partial charge in [-0.2, -0.15) is 0 Å². The van der Waals surface area contributed by atoms with Crippen LogP contribution in [0.2, 0.25) is 0 Å². The van der Waals surface area contributed by atoms with Gasteiger partial charge < -0.3 is 19.3 Å². The third-order valence-electron chi connectivity index (χ3n) is 4.14. The summed E-state index contributed by atoms with van der Waals surface area (Å²) in [6.07, 6.45) is 4.42.